The first-order valence-electron chi connectivity index (χ1n) is 6.25. The standard InChI is InChI=1S/C14H15BrO3/c15-12-4-2-1-3-10(12)11-9-14(6-5-13(11)16)17-7-8-18-14/h1-4,11H,5-9H2/t11-/m1/s1. The number of carbonyl (C=O) groups excluding carboxylic acids is 1. The van der Waals surface area contributed by atoms with Crippen molar-refractivity contribution in [2.24, 2.45) is 0 Å². The van der Waals surface area contributed by atoms with Crippen molar-refractivity contribution in [3.63, 3.8) is 0 Å². The zero-order valence-corrected chi connectivity index (χ0v) is 11.6. The van der Waals surface area contributed by atoms with E-state index in [1.807, 2.05) is 24.3 Å². The predicted molar refractivity (Wildman–Crippen MR) is 70.4 cm³/mol. The third kappa shape index (κ3) is 2.13. The smallest absolute Gasteiger partial charge is 0.169 e. The maximum atomic E-state index is 12.2. The van der Waals surface area contributed by atoms with E-state index in [-0.39, 0.29) is 11.7 Å². The third-order valence-corrected chi connectivity index (χ3v) is 4.47. The van der Waals surface area contributed by atoms with Gasteiger partial charge in [0.25, 0.3) is 0 Å². The molecule has 0 bridgehead atoms. The Balaban J connectivity index is 1.90. The highest BCUT2D eigenvalue weighted by Gasteiger charge is 2.45. The Labute approximate surface area is 115 Å². The molecule has 0 aromatic heterocycles. The van der Waals surface area contributed by atoms with Gasteiger partial charge in [0, 0.05) is 29.7 Å². The summed E-state index contributed by atoms with van der Waals surface area (Å²) in [6.07, 6.45) is 1.85. The number of hydrogen-bond acceptors (Lipinski definition) is 3. The molecule has 1 saturated heterocycles. The van der Waals surface area contributed by atoms with Crippen molar-refractivity contribution in [3.05, 3.63) is 34.3 Å². The van der Waals surface area contributed by atoms with E-state index in [1.165, 1.54) is 0 Å². The highest BCUT2D eigenvalue weighted by molar-refractivity contribution is 9.10. The minimum Gasteiger partial charge on any atom is -0.347 e. The number of benzene rings is 1. The fourth-order valence-electron chi connectivity index (χ4n) is 2.82. The lowest BCUT2D eigenvalue weighted by Crippen LogP contribution is -2.39. The van der Waals surface area contributed by atoms with Gasteiger partial charge < -0.3 is 9.47 Å². The van der Waals surface area contributed by atoms with E-state index in [0.29, 0.717) is 32.5 Å². The van der Waals surface area contributed by atoms with Crippen LogP contribution in [0.3, 0.4) is 0 Å². The van der Waals surface area contributed by atoms with Crippen molar-refractivity contribution in [1.29, 1.82) is 0 Å². The predicted octanol–water partition coefficient (Wildman–Crippen LogP) is 3.03. The maximum absolute atomic E-state index is 12.2. The third-order valence-electron chi connectivity index (χ3n) is 3.75. The van der Waals surface area contributed by atoms with Gasteiger partial charge in [-0.2, -0.15) is 0 Å². The summed E-state index contributed by atoms with van der Waals surface area (Å²) in [5.41, 5.74) is 1.04. The lowest BCUT2D eigenvalue weighted by Gasteiger charge is -2.35. The number of ether oxygens (including phenoxy) is 2. The van der Waals surface area contributed by atoms with Gasteiger partial charge in [0.15, 0.2) is 5.79 Å². The van der Waals surface area contributed by atoms with Gasteiger partial charge in [-0.1, -0.05) is 34.1 Å². The molecule has 96 valence electrons. The van der Waals surface area contributed by atoms with Crippen molar-refractivity contribution in [3.8, 4) is 0 Å². The van der Waals surface area contributed by atoms with Crippen molar-refractivity contribution in [1.82, 2.24) is 0 Å². The van der Waals surface area contributed by atoms with Crippen LogP contribution in [0.15, 0.2) is 28.7 Å². The van der Waals surface area contributed by atoms with Gasteiger partial charge in [0.2, 0.25) is 0 Å². The molecule has 18 heavy (non-hydrogen) atoms. The summed E-state index contributed by atoms with van der Waals surface area (Å²) in [7, 11) is 0. The summed E-state index contributed by atoms with van der Waals surface area (Å²) in [6.45, 7) is 1.27. The highest BCUT2D eigenvalue weighted by atomic mass is 79.9. The lowest BCUT2D eigenvalue weighted by molar-refractivity contribution is -0.183. The molecule has 1 spiro atoms. The highest BCUT2D eigenvalue weighted by Crippen LogP contribution is 2.42. The van der Waals surface area contributed by atoms with Crippen LogP contribution in [0.1, 0.15) is 30.7 Å². The Kier molecular flexibility index (Phi) is 3.26. The summed E-state index contributed by atoms with van der Waals surface area (Å²) in [5, 5.41) is 0. The minimum absolute atomic E-state index is 0.118. The Morgan fingerprint density at radius 2 is 1.94 bits per heavy atom. The largest absolute Gasteiger partial charge is 0.347 e. The average Bonchev–Trinajstić information content (AvgIpc) is 2.82. The van der Waals surface area contributed by atoms with Crippen LogP contribution in [0.2, 0.25) is 0 Å². The molecule has 2 aliphatic rings. The first-order valence-corrected chi connectivity index (χ1v) is 7.05. The normalized spacial score (nSPS) is 26.7. The lowest BCUT2D eigenvalue weighted by atomic mass is 9.79. The van der Waals surface area contributed by atoms with E-state index in [2.05, 4.69) is 15.9 Å². The number of halogens is 1. The van der Waals surface area contributed by atoms with Crippen LogP contribution in [0.5, 0.6) is 0 Å². The van der Waals surface area contributed by atoms with Crippen molar-refractivity contribution < 1.29 is 14.3 Å². The van der Waals surface area contributed by atoms with Crippen molar-refractivity contribution in [2.75, 3.05) is 13.2 Å². The Bertz CT molecular complexity index is 466. The molecule has 0 radical (unpaired) electrons. The van der Waals surface area contributed by atoms with Crippen LogP contribution < -0.4 is 0 Å². The zero-order chi connectivity index (χ0) is 12.6. The molecule has 1 atom stereocenters. The zero-order valence-electron chi connectivity index (χ0n) is 10.0. The van der Waals surface area contributed by atoms with Gasteiger partial charge in [-0.15, -0.1) is 0 Å². The Hall–Kier alpha value is -0.710. The molecular weight excluding hydrogens is 296 g/mol. The second kappa shape index (κ2) is 4.76. The maximum Gasteiger partial charge on any atom is 0.169 e. The Morgan fingerprint density at radius 3 is 2.67 bits per heavy atom. The van der Waals surface area contributed by atoms with Gasteiger partial charge in [0.05, 0.1) is 13.2 Å². The SMILES string of the molecule is O=C1CCC2(C[C@@H]1c1ccccc1Br)OCCO2. The van der Waals surface area contributed by atoms with E-state index in [9.17, 15) is 4.79 Å². The topological polar surface area (TPSA) is 35.5 Å². The van der Waals surface area contributed by atoms with E-state index < -0.39 is 5.79 Å². The van der Waals surface area contributed by atoms with Crippen molar-refractivity contribution in [2.45, 2.75) is 31.0 Å². The van der Waals surface area contributed by atoms with Crippen LogP contribution in [-0.2, 0) is 14.3 Å². The fraction of sp³-hybridized carbons (Fsp3) is 0.500. The van der Waals surface area contributed by atoms with Gasteiger partial charge in [-0.3, -0.25) is 4.79 Å². The van der Waals surface area contributed by atoms with E-state index in [1.54, 1.807) is 0 Å². The molecule has 3 nitrogen and oxygen atoms in total. The Morgan fingerprint density at radius 1 is 1.22 bits per heavy atom. The van der Waals surface area contributed by atoms with Crippen LogP contribution >= 0.6 is 15.9 Å². The summed E-state index contributed by atoms with van der Waals surface area (Å²) >= 11 is 3.52. The molecular formula is C14H15BrO3. The van der Waals surface area contributed by atoms with Crippen LogP contribution in [0.4, 0.5) is 0 Å². The van der Waals surface area contributed by atoms with Gasteiger partial charge in [-0.25, -0.2) is 0 Å². The van der Waals surface area contributed by atoms with Crippen LogP contribution in [-0.4, -0.2) is 24.8 Å². The molecule has 1 heterocycles. The van der Waals surface area contributed by atoms with Gasteiger partial charge >= 0.3 is 0 Å². The van der Waals surface area contributed by atoms with Gasteiger partial charge in [0.1, 0.15) is 5.78 Å². The first kappa shape index (κ1) is 12.3. The van der Waals surface area contributed by atoms with Gasteiger partial charge in [-0.05, 0) is 11.6 Å². The summed E-state index contributed by atoms with van der Waals surface area (Å²) in [5.74, 6) is -0.354. The molecule has 0 amide bonds. The van der Waals surface area contributed by atoms with Crippen LogP contribution in [0.25, 0.3) is 0 Å². The van der Waals surface area contributed by atoms with E-state index in [4.69, 9.17) is 9.47 Å². The molecule has 1 aliphatic heterocycles. The number of ketones is 1. The van der Waals surface area contributed by atoms with Crippen molar-refractivity contribution >= 4 is 21.7 Å². The molecule has 0 N–H and O–H groups in total. The molecule has 1 aliphatic carbocycles. The second-order valence-electron chi connectivity index (χ2n) is 4.85. The second-order valence-corrected chi connectivity index (χ2v) is 5.71. The summed E-state index contributed by atoms with van der Waals surface area (Å²) < 4.78 is 12.4. The average molecular weight is 311 g/mol. The molecule has 3 rings (SSSR count). The number of rotatable bonds is 1. The molecule has 1 saturated carbocycles. The molecule has 1 aromatic carbocycles. The monoisotopic (exact) mass is 310 g/mol. The molecule has 2 fully saturated rings. The quantitative estimate of drug-likeness (QED) is 0.800. The fourth-order valence-corrected chi connectivity index (χ4v) is 3.38. The van der Waals surface area contributed by atoms with Crippen LogP contribution in [0, 0.1) is 0 Å². The summed E-state index contributed by atoms with van der Waals surface area (Å²) in [4.78, 5) is 12.2. The summed E-state index contributed by atoms with van der Waals surface area (Å²) in [6, 6.07) is 7.89. The first-order chi connectivity index (χ1) is 8.70. The van der Waals surface area contributed by atoms with E-state index in [0.717, 1.165) is 10.0 Å². The molecule has 1 aromatic rings. The minimum atomic E-state index is -0.520. The number of carbonyl (C=O) groups is 1. The molecule has 4 heteroatoms. The number of Topliss-reactive ketones (excluding diaryl/α,β-unsaturated/α-hetero) is 1. The van der Waals surface area contributed by atoms with E-state index >= 15 is 0 Å². The number of hydrogen-bond donors (Lipinski definition) is 0. The molecule has 0 unspecified atom stereocenters.